The van der Waals surface area contributed by atoms with Gasteiger partial charge in [0.05, 0.1) is 0 Å². The molecule has 0 radical (unpaired) electrons. The molecule has 38 valence electrons. The van der Waals surface area contributed by atoms with Gasteiger partial charge < -0.3 is 36.6 Å². The van der Waals surface area contributed by atoms with E-state index in [1.54, 1.807) is 0 Å². The second kappa shape index (κ2) is 5.94. The summed E-state index contributed by atoms with van der Waals surface area (Å²) in [7, 11) is 0. The van der Waals surface area contributed by atoms with Gasteiger partial charge >= 0.3 is 37.7 Å². The number of hydrogen-bond donors (Lipinski definition) is 0. The molecule has 0 saturated carbocycles. The number of aromatic nitrogens is 2. The Labute approximate surface area is 92.4 Å². The van der Waals surface area contributed by atoms with Crippen LogP contribution in [0.4, 0.5) is 0 Å². The molecule has 2 nitrogen and oxygen atoms in total. The molecule has 9 heavy (non-hydrogen) atoms. The molecule has 0 saturated heterocycles. The first-order valence-corrected chi connectivity index (χ1v) is 3.10. The smallest absolute Gasteiger partial charge is 0.406 e. The maximum atomic E-state index is 4.61. The van der Waals surface area contributed by atoms with Gasteiger partial charge in [-0.3, -0.25) is 0 Å². The molecule has 1 heterocycles. The van der Waals surface area contributed by atoms with Gasteiger partial charge in [0.1, 0.15) is 0 Å². The molecule has 0 spiro atoms. The minimum Gasteiger partial charge on any atom is -0.406 e. The Bertz CT molecular complexity index is 150. The quantitative estimate of drug-likeness (QED) is 0.280. The summed E-state index contributed by atoms with van der Waals surface area (Å²) < 4.78 is 1.04. The second-order valence-electron chi connectivity index (χ2n) is 0.834. The van der Waals surface area contributed by atoms with E-state index in [1.807, 2.05) is 0 Å². The summed E-state index contributed by atoms with van der Waals surface area (Å²) >= 11 is 10.5. The summed E-state index contributed by atoms with van der Waals surface area (Å²) in [5.41, 5.74) is 0. The van der Waals surface area contributed by atoms with Gasteiger partial charge in [-0.25, -0.2) is 0 Å². The topological polar surface area (TPSA) is 25.8 Å². The van der Waals surface area contributed by atoms with Crippen LogP contribution in [-0.4, -0.2) is 10.2 Å². The van der Waals surface area contributed by atoms with Crippen LogP contribution in [0, 0.1) is 0 Å². The van der Waals surface area contributed by atoms with Gasteiger partial charge in [-0.1, -0.05) is 0 Å². The van der Waals surface area contributed by atoms with Crippen LogP contribution in [0.25, 0.3) is 0 Å². The van der Waals surface area contributed by atoms with Crippen LogP contribution in [0.1, 0.15) is 0 Å². The summed E-state index contributed by atoms with van der Waals surface area (Å²) in [6.45, 7) is 0. The molecular formula is C2Li2N2S3. The maximum absolute atomic E-state index is 4.61. The summed E-state index contributed by atoms with van der Waals surface area (Å²) in [6, 6.07) is 0. The van der Waals surface area contributed by atoms with Crippen molar-refractivity contribution in [2.75, 3.05) is 0 Å². The standard InChI is InChI=1S/C2H2N2S3.2Li/c5-1-3-4-2(6)7-1;;/h(H,3,5)(H,4,6);;/q;2*+1/p-2. The molecule has 1 aromatic rings. The van der Waals surface area contributed by atoms with Crippen molar-refractivity contribution in [1.82, 2.24) is 10.2 Å². The number of nitrogens with zero attached hydrogens (tertiary/aromatic N) is 2. The van der Waals surface area contributed by atoms with Crippen LogP contribution >= 0.6 is 11.3 Å². The third-order valence-electron chi connectivity index (χ3n) is 0.388. The van der Waals surface area contributed by atoms with Crippen LogP contribution in [0.5, 0.6) is 0 Å². The van der Waals surface area contributed by atoms with E-state index >= 15 is 0 Å². The largest absolute Gasteiger partial charge is 1.00 e. The molecule has 0 aliphatic rings. The third-order valence-corrected chi connectivity index (χ3v) is 1.56. The van der Waals surface area contributed by atoms with E-state index in [2.05, 4.69) is 35.5 Å². The van der Waals surface area contributed by atoms with Crippen molar-refractivity contribution >= 4 is 36.6 Å². The first-order chi connectivity index (χ1) is 3.29. The van der Waals surface area contributed by atoms with Gasteiger partial charge in [0, 0.05) is 0 Å². The monoisotopic (exact) mass is 162 g/mol. The van der Waals surface area contributed by atoms with Crippen molar-refractivity contribution < 1.29 is 37.7 Å². The van der Waals surface area contributed by atoms with Gasteiger partial charge in [-0.05, 0) is 8.68 Å². The Morgan fingerprint density at radius 1 is 1.00 bits per heavy atom. The molecule has 0 aromatic carbocycles. The van der Waals surface area contributed by atoms with E-state index in [0.29, 0.717) is 8.68 Å². The van der Waals surface area contributed by atoms with E-state index in [9.17, 15) is 0 Å². The van der Waals surface area contributed by atoms with Crippen molar-refractivity contribution in [3.05, 3.63) is 0 Å². The minimum absolute atomic E-state index is 0. The van der Waals surface area contributed by atoms with E-state index in [1.165, 1.54) is 11.3 Å². The van der Waals surface area contributed by atoms with Crippen LogP contribution in [-0.2, 0) is 25.3 Å². The zero-order chi connectivity index (χ0) is 5.28. The number of hydrogen-bond acceptors (Lipinski definition) is 5. The average molecular weight is 162 g/mol. The predicted molar refractivity (Wildman–Crippen MR) is 31.2 cm³/mol. The second-order valence-corrected chi connectivity index (χ2v) is 3.10. The zero-order valence-electron chi connectivity index (χ0n) is 5.12. The normalized spacial score (nSPS) is 7.11. The molecular weight excluding hydrogens is 162 g/mol. The van der Waals surface area contributed by atoms with Crippen LogP contribution in [0.15, 0.2) is 8.68 Å². The van der Waals surface area contributed by atoms with Crippen molar-refractivity contribution in [3.8, 4) is 0 Å². The van der Waals surface area contributed by atoms with Crippen LogP contribution in [0.3, 0.4) is 0 Å². The molecule has 0 aliphatic carbocycles. The summed E-state index contributed by atoms with van der Waals surface area (Å²) in [6.07, 6.45) is 0. The van der Waals surface area contributed by atoms with Gasteiger partial charge in [0.2, 0.25) is 0 Å². The van der Waals surface area contributed by atoms with E-state index in [4.69, 9.17) is 0 Å². The maximum Gasteiger partial charge on any atom is 1.00 e. The molecule has 1 aromatic heterocycles. The Kier molecular flexibility index (Phi) is 8.47. The molecule has 0 N–H and O–H groups in total. The van der Waals surface area contributed by atoms with Crippen molar-refractivity contribution in [3.63, 3.8) is 0 Å². The molecule has 0 amide bonds. The van der Waals surface area contributed by atoms with Gasteiger partial charge in [-0.15, -0.1) is 0 Å². The summed E-state index contributed by atoms with van der Waals surface area (Å²) in [5, 5.41) is 6.99. The van der Waals surface area contributed by atoms with E-state index < -0.39 is 0 Å². The molecule has 0 bridgehead atoms. The molecule has 0 fully saturated rings. The fourth-order valence-electron chi connectivity index (χ4n) is 0.197. The first kappa shape index (κ1) is 12.8. The molecule has 0 aliphatic heterocycles. The van der Waals surface area contributed by atoms with Crippen molar-refractivity contribution in [2.24, 2.45) is 0 Å². The van der Waals surface area contributed by atoms with Crippen LogP contribution in [0.2, 0.25) is 0 Å². The van der Waals surface area contributed by atoms with Gasteiger partial charge in [-0.2, -0.15) is 10.2 Å². The first-order valence-electron chi connectivity index (χ1n) is 1.46. The Hall–Kier alpha value is 1.19. The van der Waals surface area contributed by atoms with Gasteiger partial charge in [0.25, 0.3) is 0 Å². The Morgan fingerprint density at radius 2 is 1.33 bits per heavy atom. The average Bonchev–Trinajstić information content (AvgIpc) is 1.87. The minimum atomic E-state index is 0. The molecule has 0 unspecified atom stereocenters. The fraction of sp³-hybridized carbons (Fsp3) is 0. The Balaban J connectivity index is 0. The molecule has 1 rings (SSSR count). The SMILES string of the molecule is [Li+].[Li+].[S-]c1nnc([S-])s1. The fourth-order valence-corrected chi connectivity index (χ4v) is 1.22. The van der Waals surface area contributed by atoms with E-state index in [0.717, 1.165) is 0 Å². The zero-order valence-corrected chi connectivity index (χ0v) is 7.57. The number of rotatable bonds is 0. The molecule has 7 heteroatoms. The summed E-state index contributed by atoms with van der Waals surface area (Å²) in [4.78, 5) is 0. The third kappa shape index (κ3) is 4.58. The van der Waals surface area contributed by atoms with Crippen molar-refractivity contribution in [1.29, 1.82) is 0 Å². The summed E-state index contributed by atoms with van der Waals surface area (Å²) in [5.74, 6) is 0. The molecule has 0 atom stereocenters. The predicted octanol–water partition coefficient (Wildman–Crippen LogP) is -5.64. The van der Waals surface area contributed by atoms with Gasteiger partial charge in [0.15, 0.2) is 0 Å². The van der Waals surface area contributed by atoms with Crippen molar-refractivity contribution in [2.45, 2.75) is 8.68 Å². The van der Waals surface area contributed by atoms with Crippen LogP contribution < -0.4 is 37.7 Å². The Morgan fingerprint density at radius 3 is 1.44 bits per heavy atom. The van der Waals surface area contributed by atoms with E-state index in [-0.39, 0.29) is 37.7 Å².